The Labute approximate surface area is 88.1 Å². The molecular formula is C12H15F3. The van der Waals surface area contributed by atoms with Gasteiger partial charge in [-0.1, -0.05) is 32.0 Å². The highest BCUT2D eigenvalue weighted by atomic mass is 19.4. The number of alkyl halides is 3. The van der Waals surface area contributed by atoms with E-state index in [1.165, 1.54) is 13.0 Å². The second-order valence-corrected chi connectivity index (χ2v) is 3.85. The number of rotatable bonds is 2. The van der Waals surface area contributed by atoms with E-state index < -0.39 is 11.7 Å². The molecular weight excluding hydrogens is 201 g/mol. The first-order valence-electron chi connectivity index (χ1n) is 5.04. The zero-order valence-corrected chi connectivity index (χ0v) is 9.15. The van der Waals surface area contributed by atoms with Gasteiger partial charge in [0.2, 0.25) is 0 Å². The van der Waals surface area contributed by atoms with Crippen LogP contribution in [0.1, 0.15) is 42.9 Å². The Bertz CT molecular complexity index is 339. The van der Waals surface area contributed by atoms with Crippen molar-refractivity contribution in [2.45, 2.75) is 39.3 Å². The Morgan fingerprint density at radius 1 is 1.27 bits per heavy atom. The summed E-state index contributed by atoms with van der Waals surface area (Å²) in [5.74, 6) is -0.0541. The Morgan fingerprint density at radius 3 is 2.33 bits per heavy atom. The zero-order chi connectivity index (χ0) is 11.6. The van der Waals surface area contributed by atoms with Crippen LogP contribution in [0.3, 0.4) is 0 Å². The van der Waals surface area contributed by atoms with Crippen molar-refractivity contribution in [2.75, 3.05) is 0 Å². The molecule has 15 heavy (non-hydrogen) atoms. The molecule has 1 unspecified atom stereocenters. The molecule has 0 aliphatic rings. The first-order chi connectivity index (χ1) is 6.88. The molecule has 0 saturated heterocycles. The maximum Gasteiger partial charge on any atom is 0.416 e. The minimum Gasteiger partial charge on any atom is -0.166 e. The molecule has 1 aromatic carbocycles. The summed E-state index contributed by atoms with van der Waals surface area (Å²) in [4.78, 5) is 0. The summed E-state index contributed by atoms with van der Waals surface area (Å²) in [7, 11) is 0. The van der Waals surface area contributed by atoms with Crippen LogP contribution in [0.2, 0.25) is 0 Å². The molecule has 0 spiro atoms. The molecule has 84 valence electrons. The third-order valence-electron chi connectivity index (χ3n) is 2.73. The van der Waals surface area contributed by atoms with E-state index in [-0.39, 0.29) is 5.92 Å². The molecule has 1 aromatic rings. The zero-order valence-electron chi connectivity index (χ0n) is 9.15. The number of hydrogen-bond donors (Lipinski definition) is 0. The smallest absolute Gasteiger partial charge is 0.166 e. The van der Waals surface area contributed by atoms with Crippen molar-refractivity contribution in [1.29, 1.82) is 0 Å². The van der Waals surface area contributed by atoms with Gasteiger partial charge in [-0.05, 0) is 30.4 Å². The summed E-state index contributed by atoms with van der Waals surface area (Å²) < 4.78 is 38.4. The lowest BCUT2D eigenvalue weighted by atomic mass is 9.91. The van der Waals surface area contributed by atoms with Gasteiger partial charge in [-0.3, -0.25) is 0 Å². The van der Waals surface area contributed by atoms with Crippen LogP contribution in [0.4, 0.5) is 13.2 Å². The van der Waals surface area contributed by atoms with Gasteiger partial charge in [0.25, 0.3) is 0 Å². The Kier molecular flexibility index (Phi) is 3.42. The lowest BCUT2D eigenvalue weighted by Crippen LogP contribution is -2.12. The minimum atomic E-state index is -4.25. The quantitative estimate of drug-likeness (QED) is 0.681. The molecule has 0 amide bonds. The van der Waals surface area contributed by atoms with Crippen LogP contribution < -0.4 is 0 Å². The highest BCUT2D eigenvalue weighted by molar-refractivity contribution is 5.38. The number of aryl methyl sites for hydroxylation is 1. The molecule has 0 heterocycles. The Balaban J connectivity index is 3.33. The molecule has 0 aliphatic carbocycles. The lowest BCUT2D eigenvalue weighted by molar-refractivity contribution is -0.138. The standard InChI is InChI=1S/C12H15F3/c1-4-8(2)10-7-5-6-9(3)11(10)12(13,14)15/h5-8H,4H2,1-3H3. The van der Waals surface area contributed by atoms with Crippen molar-refractivity contribution in [3.8, 4) is 0 Å². The predicted octanol–water partition coefficient (Wildman–Crippen LogP) is 4.53. The van der Waals surface area contributed by atoms with Crippen molar-refractivity contribution in [3.63, 3.8) is 0 Å². The van der Waals surface area contributed by atoms with Crippen molar-refractivity contribution >= 4 is 0 Å². The van der Waals surface area contributed by atoms with Gasteiger partial charge >= 0.3 is 6.18 Å². The van der Waals surface area contributed by atoms with E-state index in [9.17, 15) is 13.2 Å². The SMILES string of the molecule is CCC(C)c1cccc(C)c1C(F)(F)F. The first-order valence-corrected chi connectivity index (χ1v) is 5.04. The molecule has 0 aromatic heterocycles. The second-order valence-electron chi connectivity index (χ2n) is 3.85. The number of halogens is 3. The molecule has 1 atom stereocenters. The summed E-state index contributed by atoms with van der Waals surface area (Å²) in [6.45, 7) is 5.23. The van der Waals surface area contributed by atoms with E-state index in [0.717, 1.165) is 0 Å². The normalized spacial score (nSPS) is 14.0. The van der Waals surface area contributed by atoms with E-state index in [2.05, 4.69) is 0 Å². The molecule has 0 nitrogen and oxygen atoms in total. The second kappa shape index (κ2) is 4.25. The van der Waals surface area contributed by atoms with Crippen LogP contribution in [-0.2, 0) is 6.18 Å². The minimum absolute atomic E-state index is 0.0541. The Hall–Kier alpha value is -0.990. The van der Waals surface area contributed by atoms with Crippen LogP contribution in [-0.4, -0.2) is 0 Å². The maximum atomic E-state index is 12.8. The fourth-order valence-electron chi connectivity index (χ4n) is 1.71. The third-order valence-corrected chi connectivity index (χ3v) is 2.73. The van der Waals surface area contributed by atoms with Gasteiger partial charge in [0.05, 0.1) is 5.56 Å². The van der Waals surface area contributed by atoms with Crippen molar-refractivity contribution in [3.05, 3.63) is 34.9 Å². The van der Waals surface area contributed by atoms with Gasteiger partial charge in [0.1, 0.15) is 0 Å². The molecule has 0 bridgehead atoms. The molecule has 0 saturated carbocycles. The van der Waals surface area contributed by atoms with Crippen LogP contribution in [0.15, 0.2) is 18.2 Å². The summed E-state index contributed by atoms with van der Waals surface area (Å²) in [5, 5.41) is 0. The van der Waals surface area contributed by atoms with Crippen molar-refractivity contribution in [1.82, 2.24) is 0 Å². The first kappa shape index (κ1) is 12.1. The molecule has 0 fully saturated rings. The van der Waals surface area contributed by atoms with Crippen LogP contribution in [0.5, 0.6) is 0 Å². The molecule has 0 aliphatic heterocycles. The summed E-state index contributed by atoms with van der Waals surface area (Å²) in [6.07, 6.45) is -3.53. The van der Waals surface area contributed by atoms with Crippen molar-refractivity contribution < 1.29 is 13.2 Å². The summed E-state index contributed by atoms with van der Waals surface area (Å²) >= 11 is 0. The largest absolute Gasteiger partial charge is 0.416 e. The average Bonchev–Trinajstić information content (AvgIpc) is 2.14. The van der Waals surface area contributed by atoms with E-state index in [1.54, 1.807) is 12.1 Å². The lowest BCUT2D eigenvalue weighted by Gasteiger charge is -2.19. The highest BCUT2D eigenvalue weighted by Gasteiger charge is 2.35. The molecule has 1 rings (SSSR count). The Morgan fingerprint density at radius 2 is 1.87 bits per heavy atom. The summed E-state index contributed by atoms with van der Waals surface area (Å²) in [6, 6.07) is 4.77. The average molecular weight is 216 g/mol. The van der Waals surface area contributed by atoms with Gasteiger partial charge in [-0.2, -0.15) is 13.2 Å². The van der Waals surface area contributed by atoms with Gasteiger partial charge < -0.3 is 0 Å². The van der Waals surface area contributed by atoms with E-state index >= 15 is 0 Å². The third kappa shape index (κ3) is 2.52. The van der Waals surface area contributed by atoms with E-state index in [4.69, 9.17) is 0 Å². The van der Waals surface area contributed by atoms with E-state index in [0.29, 0.717) is 17.5 Å². The van der Waals surface area contributed by atoms with Crippen LogP contribution >= 0.6 is 0 Å². The van der Waals surface area contributed by atoms with Gasteiger partial charge in [0.15, 0.2) is 0 Å². The van der Waals surface area contributed by atoms with Gasteiger partial charge in [0, 0.05) is 0 Å². The summed E-state index contributed by atoms with van der Waals surface area (Å²) in [5.41, 5.74) is 0.254. The molecule has 3 heteroatoms. The highest BCUT2D eigenvalue weighted by Crippen LogP contribution is 2.38. The topological polar surface area (TPSA) is 0 Å². The van der Waals surface area contributed by atoms with Crippen molar-refractivity contribution in [2.24, 2.45) is 0 Å². The van der Waals surface area contributed by atoms with Gasteiger partial charge in [-0.25, -0.2) is 0 Å². The van der Waals surface area contributed by atoms with E-state index in [1.807, 2.05) is 13.8 Å². The molecule has 0 N–H and O–H groups in total. The number of hydrogen-bond acceptors (Lipinski definition) is 0. The monoisotopic (exact) mass is 216 g/mol. The fourth-order valence-corrected chi connectivity index (χ4v) is 1.71. The number of benzene rings is 1. The van der Waals surface area contributed by atoms with Gasteiger partial charge in [-0.15, -0.1) is 0 Å². The maximum absolute atomic E-state index is 12.8. The van der Waals surface area contributed by atoms with Crippen LogP contribution in [0.25, 0.3) is 0 Å². The predicted molar refractivity (Wildman–Crippen MR) is 54.9 cm³/mol. The van der Waals surface area contributed by atoms with Crippen LogP contribution in [0, 0.1) is 6.92 Å². The fraction of sp³-hybridized carbons (Fsp3) is 0.500. The molecule has 0 radical (unpaired) electrons.